The smallest absolute Gasteiger partial charge is 0.242 e. The number of carbonyl (C=O) groups is 1. The summed E-state index contributed by atoms with van der Waals surface area (Å²) in [7, 11) is 0. The van der Waals surface area contributed by atoms with E-state index in [9.17, 15) is 4.79 Å². The van der Waals surface area contributed by atoms with Gasteiger partial charge in [0.25, 0.3) is 0 Å². The Hall–Kier alpha value is -2.09. The number of anilines is 1. The number of carbonyl (C=O) groups excluding carboxylic acids is 1. The van der Waals surface area contributed by atoms with Gasteiger partial charge in [-0.25, -0.2) is 9.98 Å². The molecule has 0 aromatic carbocycles. The minimum atomic E-state index is -0.153. The van der Waals surface area contributed by atoms with Gasteiger partial charge in [0.2, 0.25) is 5.91 Å². The molecule has 114 valence electrons. The summed E-state index contributed by atoms with van der Waals surface area (Å²) < 4.78 is 0. The number of guanidine groups is 1. The van der Waals surface area contributed by atoms with Crippen molar-refractivity contribution in [3.63, 3.8) is 0 Å². The average Bonchev–Trinajstić information content (AvgIpc) is 3.05. The second-order valence-corrected chi connectivity index (χ2v) is 5.43. The fourth-order valence-corrected chi connectivity index (χ4v) is 2.69. The van der Waals surface area contributed by atoms with Crippen LogP contribution in [0.1, 0.15) is 0 Å². The van der Waals surface area contributed by atoms with Gasteiger partial charge in [-0.05, 0) is 0 Å². The van der Waals surface area contributed by atoms with Crippen molar-refractivity contribution in [3.8, 4) is 0 Å². The molecule has 1 aliphatic heterocycles. The van der Waals surface area contributed by atoms with Crippen molar-refractivity contribution in [2.45, 2.75) is 0 Å². The van der Waals surface area contributed by atoms with E-state index in [2.05, 4.69) is 26.8 Å². The zero-order chi connectivity index (χ0) is 15.1. The number of aliphatic imine (C=N–C) groups is 1. The molecular weight excluding hydrogens is 288 g/mol. The summed E-state index contributed by atoms with van der Waals surface area (Å²) in [6.07, 6.45) is 3.44. The number of nitrogens with one attached hydrogen (secondary N) is 1. The van der Waals surface area contributed by atoms with Crippen LogP contribution in [0.2, 0.25) is 0 Å². The Labute approximate surface area is 128 Å². The Morgan fingerprint density at radius 3 is 2.90 bits per heavy atom. The highest BCUT2D eigenvalue weighted by Crippen LogP contribution is 2.18. The van der Waals surface area contributed by atoms with Crippen LogP contribution in [0, 0.1) is 0 Å². The zero-order valence-corrected chi connectivity index (χ0v) is 12.7. The molecule has 0 atom stereocenters. The quantitative estimate of drug-likeness (QED) is 0.450. The summed E-state index contributed by atoms with van der Waals surface area (Å²) >= 11 is 1.63. The molecule has 1 aromatic rings. The SMILES string of the molecule is C=CCNC(=O)CN=C(N)N1CCN(c2nccs2)CC1. The van der Waals surface area contributed by atoms with E-state index in [1.54, 1.807) is 17.4 Å². The molecule has 7 nitrogen and oxygen atoms in total. The number of hydrogen-bond acceptors (Lipinski definition) is 5. The molecule has 0 spiro atoms. The zero-order valence-electron chi connectivity index (χ0n) is 11.9. The third-order valence-corrected chi connectivity index (χ3v) is 3.95. The lowest BCUT2D eigenvalue weighted by Crippen LogP contribution is -2.51. The van der Waals surface area contributed by atoms with Crippen LogP contribution in [-0.2, 0) is 4.79 Å². The van der Waals surface area contributed by atoms with E-state index >= 15 is 0 Å². The molecular formula is C13H20N6OS. The molecule has 21 heavy (non-hydrogen) atoms. The lowest BCUT2D eigenvalue weighted by Gasteiger charge is -2.35. The molecule has 0 saturated carbocycles. The van der Waals surface area contributed by atoms with Crippen LogP contribution >= 0.6 is 11.3 Å². The molecule has 2 rings (SSSR count). The number of aromatic nitrogens is 1. The summed E-state index contributed by atoms with van der Waals surface area (Å²) in [4.78, 5) is 24.1. The monoisotopic (exact) mass is 308 g/mol. The number of hydrogen-bond donors (Lipinski definition) is 2. The number of thiazole rings is 1. The first-order valence-corrected chi connectivity index (χ1v) is 7.65. The van der Waals surface area contributed by atoms with Gasteiger partial charge >= 0.3 is 0 Å². The molecule has 1 aliphatic rings. The minimum Gasteiger partial charge on any atom is -0.370 e. The molecule has 1 aromatic heterocycles. The first-order valence-electron chi connectivity index (χ1n) is 6.77. The van der Waals surface area contributed by atoms with Gasteiger partial charge in [0.1, 0.15) is 6.54 Å². The molecule has 0 bridgehead atoms. The molecule has 0 aliphatic carbocycles. The maximum absolute atomic E-state index is 11.4. The maximum atomic E-state index is 11.4. The van der Waals surface area contributed by atoms with E-state index in [-0.39, 0.29) is 12.5 Å². The van der Waals surface area contributed by atoms with E-state index in [0.717, 1.165) is 31.3 Å². The summed E-state index contributed by atoms with van der Waals surface area (Å²) in [6.45, 7) is 7.30. The van der Waals surface area contributed by atoms with Gasteiger partial charge in [-0.2, -0.15) is 0 Å². The summed E-state index contributed by atoms with van der Waals surface area (Å²) in [5, 5.41) is 5.67. The van der Waals surface area contributed by atoms with Crippen LogP contribution in [-0.4, -0.2) is 61.0 Å². The van der Waals surface area contributed by atoms with Crippen molar-refractivity contribution in [2.24, 2.45) is 10.7 Å². The number of nitrogens with two attached hydrogens (primary N) is 1. The van der Waals surface area contributed by atoms with E-state index < -0.39 is 0 Å². The Morgan fingerprint density at radius 2 is 2.29 bits per heavy atom. The van der Waals surface area contributed by atoms with Gasteiger partial charge in [-0.3, -0.25) is 4.79 Å². The van der Waals surface area contributed by atoms with Crippen molar-refractivity contribution in [2.75, 3.05) is 44.2 Å². The number of rotatable bonds is 5. The standard InChI is InChI=1S/C13H20N6OS/c1-2-3-15-11(20)10-17-12(14)18-5-7-19(8-6-18)13-16-4-9-21-13/h2,4,9H,1,3,5-8,10H2,(H2,14,17)(H,15,20). The van der Waals surface area contributed by atoms with Crippen LogP contribution in [0.4, 0.5) is 5.13 Å². The first-order chi connectivity index (χ1) is 10.2. The van der Waals surface area contributed by atoms with Gasteiger partial charge in [-0.1, -0.05) is 6.08 Å². The fraction of sp³-hybridized carbons (Fsp3) is 0.462. The Balaban J connectivity index is 1.78. The molecule has 2 heterocycles. The molecule has 0 radical (unpaired) electrons. The highest BCUT2D eigenvalue weighted by molar-refractivity contribution is 7.13. The van der Waals surface area contributed by atoms with Crippen LogP contribution in [0.25, 0.3) is 0 Å². The molecule has 1 fully saturated rings. The molecule has 8 heteroatoms. The van der Waals surface area contributed by atoms with Gasteiger partial charge in [0.05, 0.1) is 0 Å². The highest BCUT2D eigenvalue weighted by atomic mass is 32.1. The second-order valence-electron chi connectivity index (χ2n) is 4.56. The van der Waals surface area contributed by atoms with E-state index in [0.29, 0.717) is 12.5 Å². The fourth-order valence-electron chi connectivity index (χ4n) is 1.99. The normalized spacial score (nSPS) is 15.9. The Kier molecular flexibility index (Phi) is 5.56. The van der Waals surface area contributed by atoms with Gasteiger partial charge in [-0.15, -0.1) is 17.9 Å². The average molecular weight is 308 g/mol. The first kappa shape index (κ1) is 15.3. The predicted molar refractivity (Wildman–Crippen MR) is 85.6 cm³/mol. The van der Waals surface area contributed by atoms with Crippen molar-refractivity contribution in [3.05, 3.63) is 24.2 Å². The van der Waals surface area contributed by atoms with Crippen molar-refractivity contribution < 1.29 is 4.79 Å². The van der Waals surface area contributed by atoms with Crippen molar-refractivity contribution >= 4 is 28.3 Å². The van der Waals surface area contributed by atoms with E-state index in [1.807, 2.05) is 16.5 Å². The number of nitrogens with zero attached hydrogens (tertiary/aromatic N) is 4. The van der Waals surface area contributed by atoms with Gasteiger partial charge < -0.3 is 20.9 Å². The topological polar surface area (TPSA) is 86.8 Å². The summed E-state index contributed by atoms with van der Waals surface area (Å²) in [5.41, 5.74) is 5.93. The van der Waals surface area contributed by atoms with Gasteiger partial charge in [0.15, 0.2) is 11.1 Å². The molecule has 3 N–H and O–H groups in total. The van der Waals surface area contributed by atoms with Crippen molar-refractivity contribution in [1.29, 1.82) is 0 Å². The van der Waals surface area contributed by atoms with Crippen LogP contribution in [0.5, 0.6) is 0 Å². The van der Waals surface area contributed by atoms with E-state index in [1.165, 1.54) is 0 Å². The second kappa shape index (κ2) is 7.63. The molecule has 1 saturated heterocycles. The van der Waals surface area contributed by atoms with E-state index in [4.69, 9.17) is 5.73 Å². The Morgan fingerprint density at radius 1 is 1.52 bits per heavy atom. The van der Waals surface area contributed by atoms with Crippen molar-refractivity contribution in [1.82, 2.24) is 15.2 Å². The Bertz CT molecular complexity index is 493. The van der Waals surface area contributed by atoms with Crippen LogP contribution < -0.4 is 16.0 Å². The minimum absolute atomic E-state index is 0.0480. The third-order valence-electron chi connectivity index (χ3n) is 3.12. The third kappa shape index (κ3) is 4.45. The van der Waals surface area contributed by atoms with Gasteiger partial charge in [0, 0.05) is 44.3 Å². The highest BCUT2D eigenvalue weighted by Gasteiger charge is 2.19. The predicted octanol–water partition coefficient (Wildman–Crippen LogP) is -0.118. The van der Waals surface area contributed by atoms with Crippen LogP contribution in [0.15, 0.2) is 29.2 Å². The lowest BCUT2D eigenvalue weighted by molar-refractivity contribution is -0.119. The largest absolute Gasteiger partial charge is 0.370 e. The molecule has 0 unspecified atom stereocenters. The number of amides is 1. The summed E-state index contributed by atoms with van der Waals surface area (Å²) in [5.74, 6) is 0.266. The summed E-state index contributed by atoms with van der Waals surface area (Å²) in [6, 6.07) is 0. The molecule has 1 amide bonds. The van der Waals surface area contributed by atoms with Crippen LogP contribution in [0.3, 0.4) is 0 Å². The maximum Gasteiger partial charge on any atom is 0.242 e. The number of piperazine rings is 1. The lowest BCUT2D eigenvalue weighted by atomic mass is 10.3.